The molecule has 2 amide bonds. The molecule has 0 aliphatic rings. The molecule has 0 bridgehead atoms. The van der Waals surface area contributed by atoms with E-state index in [4.69, 9.17) is 21.8 Å². The van der Waals surface area contributed by atoms with Gasteiger partial charge in [-0.1, -0.05) is 11.6 Å². The van der Waals surface area contributed by atoms with Crippen molar-refractivity contribution in [3.63, 3.8) is 0 Å². The van der Waals surface area contributed by atoms with Crippen molar-refractivity contribution >= 4 is 51.2 Å². The molecule has 7 nitrogen and oxygen atoms in total. The van der Waals surface area contributed by atoms with Gasteiger partial charge in [0.25, 0.3) is 0 Å². The average molecular weight is 366 g/mol. The topological polar surface area (TPSA) is 116 Å². The van der Waals surface area contributed by atoms with E-state index in [1.807, 2.05) is 0 Å². The number of nitrogens with one attached hydrogen (secondary N) is 2. The molecule has 1 aromatic carbocycles. The third kappa shape index (κ3) is 5.06. The number of carboxylic acid groups (broad SMARTS) is 2. The van der Waals surface area contributed by atoms with Gasteiger partial charge in [-0.25, -0.2) is 9.59 Å². The zero-order valence-corrected chi connectivity index (χ0v) is 12.2. The summed E-state index contributed by atoms with van der Waals surface area (Å²) in [6.07, 6.45) is -0.715. The average Bonchev–Trinajstić information content (AvgIpc) is 2.32. The minimum Gasteiger partial charge on any atom is -0.481 e. The molecule has 1 atom stereocenters. The Balaban J connectivity index is 2.67. The summed E-state index contributed by atoms with van der Waals surface area (Å²) in [5.74, 6) is -2.76. The third-order valence-corrected chi connectivity index (χ3v) is 3.37. The first kappa shape index (κ1) is 16.3. The number of aliphatic carboxylic acids is 2. The van der Waals surface area contributed by atoms with E-state index in [-0.39, 0.29) is 0 Å². The van der Waals surface area contributed by atoms with Crippen LogP contribution in [0.2, 0.25) is 5.02 Å². The number of anilines is 1. The number of hydrogen-bond acceptors (Lipinski definition) is 3. The largest absolute Gasteiger partial charge is 0.481 e. The highest BCUT2D eigenvalue weighted by Gasteiger charge is 2.23. The molecule has 0 fully saturated rings. The van der Waals surface area contributed by atoms with Gasteiger partial charge in [0, 0.05) is 10.2 Å². The lowest BCUT2D eigenvalue weighted by atomic mass is 10.2. The Labute approximate surface area is 127 Å². The number of carbonyl (C=O) groups is 3. The lowest BCUT2D eigenvalue weighted by Gasteiger charge is -2.13. The van der Waals surface area contributed by atoms with Gasteiger partial charge < -0.3 is 20.8 Å². The summed E-state index contributed by atoms with van der Waals surface area (Å²) in [7, 11) is 0. The summed E-state index contributed by atoms with van der Waals surface area (Å²) in [6.45, 7) is 0. The number of urea groups is 1. The monoisotopic (exact) mass is 364 g/mol. The molecule has 0 saturated heterocycles. The molecule has 20 heavy (non-hydrogen) atoms. The molecule has 9 heteroatoms. The highest BCUT2D eigenvalue weighted by Crippen LogP contribution is 2.25. The molecular weight excluding hydrogens is 355 g/mol. The molecule has 0 saturated carbocycles. The van der Waals surface area contributed by atoms with Crippen molar-refractivity contribution in [1.29, 1.82) is 0 Å². The van der Waals surface area contributed by atoms with E-state index >= 15 is 0 Å². The molecule has 0 radical (unpaired) electrons. The number of benzene rings is 1. The number of rotatable bonds is 5. The molecular formula is C11H10BrClN2O5. The molecule has 1 unspecified atom stereocenters. The van der Waals surface area contributed by atoms with E-state index in [9.17, 15) is 14.4 Å². The van der Waals surface area contributed by atoms with E-state index in [2.05, 4.69) is 26.6 Å². The van der Waals surface area contributed by atoms with E-state index in [1.165, 1.54) is 18.2 Å². The van der Waals surface area contributed by atoms with Gasteiger partial charge in [-0.05, 0) is 34.1 Å². The molecule has 0 aromatic heterocycles. The normalized spacial score (nSPS) is 11.5. The fourth-order valence-corrected chi connectivity index (χ4v) is 1.77. The SMILES string of the molecule is O=C(O)CC(NC(=O)Nc1ccc(Cl)c(Br)c1)C(=O)O. The van der Waals surface area contributed by atoms with Crippen molar-refractivity contribution < 1.29 is 24.6 Å². The number of hydrogen-bond donors (Lipinski definition) is 4. The fourth-order valence-electron chi connectivity index (χ4n) is 1.27. The molecule has 1 aromatic rings. The van der Waals surface area contributed by atoms with Gasteiger partial charge in [-0.3, -0.25) is 4.79 Å². The van der Waals surface area contributed by atoms with Crippen LogP contribution in [-0.4, -0.2) is 34.2 Å². The van der Waals surface area contributed by atoms with E-state index in [1.54, 1.807) is 0 Å². The minimum atomic E-state index is -1.51. The maximum absolute atomic E-state index is 11.6. The first-order chi connectivity index (χ1) is 9.29. The van der Waals surface area contributed by atoms with Crippen molar-refractivity contribution in [2.45, 2.75) is 12.5 Å². The molecule has 1 rings (SSSR count). The second-order valence-electron chi connectivity index (χ2n) is 3.72. The van der Waals surface area contributed by atoms with Crippen molar-refractivity contribution in [2.75, 3.05) is 5.32 Å². The Bertz CT molecular complexity index is 552. The van der Waals surface area contributed by atoms with Crippen LogP contribution in [0.1, 0.15) is 6.42 Å². The lowest BCUT2D eigenvalue weighted by Crippen LogP contribution is -2.44. The Kier molecular flexibility index (Phi) is 5.78. The van der Waals surface area contributed by atoms with Crippen molar-refractivity contribution in [1.82, 2.24) is 5.32 Å². The number of amides is 2. The first-order valence-electron chi connectivity index (χ1n) is 5.26. The predicted molar refractivity (Wildman–Crippen MR) is 75.0 cm³/mol. The predicted octanol–water partition coefficient (Wildman–Crippen LogP) is 2.15. The molecule has 0 spiro atoms. The van der Waals surface area contributed by atoms with Crippen LogP contribution in [0.5, 0.6) is 0 Å². The zero-order chi connectivity index (χ0) is 15.3. The fraction of sp³-hybridized carbons (Fsp3) is 0.182. The van der Waals surface area contributed by atoms with Crippen LogP contribution in [0, 0.1) is 0 Å². The van der Waals surface area contributed by atoms with Gasteiger partial charge in [0.1, 0.15) is 6.04 Å². The summed E-state index contributed by atoms with van der Waals surface area (Å²) in [5, 5.41) is 22.2. The molecule has 4 N–H and O–H groups in total. The van der Waals surface area contributed by atoms with E-state index < -0.39 is 30.4 Å². The molecule has 108 valence electrons. The maximum atomic E-state index is 11.6. The maximum Gasteiger partial charge on any atom is 0.326 e. The summed E-state index contributed by atoms with van der Waals surface area (Å²) in [5.41, 5.74) is 0.373. The van der Waals surface area contributed by atoms with Gasteiger partial charge in [-0.15, -0.1) is 0 Å². The van der Waals surface area contributed by atoms with Crippen molar-refractivity contribution in [3.05, 3.63) is 27.7 Å². The van der Waals surface area contributed by atoms with Gasteiger partial charge in [0.15, 0.2) is 0 Å². The van der Waals surface area contributed by atoms with Crippen LogP contribution < -0.4 is 10.6 Å². The van der Waals surface area contributed by atoms with Crippen LogP contribution in [-0.2, 0) is 9.59 Å². The van der Waals surface area contributed by atoms with Gasteiger partial charge >= 0.3 is 18.0 Å². The number of carboxylic acids is 2. The standard InChI is InChI=1S/C11H10BrClN2O5/c12-6-3-5(1-2-7(6)13)14-11(20)15-8(10(18)19)4-9(16)17/h1-3,8H,4H2,(H,16,17)(H,18,19)(H2,14,15,20). The Hall–Kier alpha value is -1.80. The van der Waals surface area contributed by atoms with E-state index in [0.29, 0.717) is 15.2 Å². The smallest absolute Gasteiger partial charge is 0.326 e. The summed E-state index contributed by atoms with van der Waals surface area (Å²) < 4.78 is 0.553. The molecule has 0 aliphatic carbocycles. The van der Waals surface area contributed by atoms with E-state index in [0.717, 1.165) is 0 Å². The summed E-state index contributed by atoms with van der Waals surface area (Å²) in [6, 6.07) is 2.23. The Morgan fingerprint density at radius 3 is 2.45 bits per heavy atom. The van der Waals surface area contributed by atoms with Crippen LogP contribution in [0.25, 0.3) is 0 Å². The highest BCUT2D eigenvalue weighted by molar-refractivity contribution is 9.10. The Morgan fingerprint density at radius 2 is 1.95 bits per heavy atom. The Morgan fingerprint density at radius 1 is 1.30 bits per heavy atom. The highest BCUT2D eigenvalue weighted by atomic mass is 79.9. The van der Waals surface area contributed by atoms with Crippen LogP contribution >= 0.6 is 27.5 Å². The van der Waals surface area contributed by atoms with Gasteiger partial charge in [-0.2, -0.15) is 0 Å². The van der Waals surface area contributed by atoms with Crippen LogP contribution in [0.3, 0.4) is 0 Å². The second-order valence-corrected chi connectivity index (χ2v) is 4.98. The number of halogens is 2. The quantitative estimate of drug-likeness (QED) is 0.638. The first-order valence-corrected chi connectivity index (χ1v) is 6.44. The van der Waals surface area contributed by atoms with Gasteiger partial charge in [0.2, 0.25) is 0 Å². The summed E-state index contributed by atoms with van der Waals surface area (Å²) in [4.78, 5) is 32.8. The van der Waals surface area contributed by atoms with Crippen molar-refractivity contribution in [3.8, 4) is 0 Å². The van der Waals surface area contributed by atoms with Crippen LogP contribution in [0.4, 0.5) is 10.5 Å². The summed E-state index contributed by atoms with van der Waals surface area (Å²) >= 11 is 8.95. The van der Waals surface area contributed by atoms with Gasteiger partial charge in [0.05, 0.1) is 11.4 Å². The molecule has 0 aliphatic heterocycles. The van der Waals surface area contributed by atoms with Crippen molar-refractivity contribution in [2.24, 2.45) is 0 Å². The molecule has 0 heterocycles. The van der Waals surface area contributed by atoms with Crippen LogP contribution in [0.15, 0.2) is 22.7 Å². The lowest BCUT2D eigenvalue weighted by molar-refractivity contribution is -0.145. The minimum absolute atomic E-state index is 0.373. The third-order valence-electron chi connectivity index (χ3n) is 2.16. The second kappa shape index (κ2) is 7.11. The number of carbonyl (C=O) groups excluding carboxylic acids is 1. The zero-order valence-electron chi connectivity index (χ0n) is 9.89.